The standard InChI is InChI=1S/C7H10F5/c1-2-3-5(8)4-7(11,12)6(9)10/h5-6H,1-4H2/t5-/m0/s1. The minimum Gasteiger partial charge on any atom is -0.247 e. The molecule has 73 valence electrons. The highest BCUT2D eigenvalue weighted by Crippen LogP contribution is 2.30. The molecular weight excluding hydrogens is 179 g/mol. The smallest absolute Gasteiger partial charge is 0.247 e. The fourth-order valence-corrected chi connectivity index (χ4v) is 0.708. The molecule has 0 fully saturated rings. The van der Waals surface area contributed by atoms with Gasteiger partial charge in [-0.15, -0.1) is 0 Å². The Morgan fingerprint density at radius 3 is 2.00 bits per heavy atom. The molecule has 0 aromatic heterocycles. The predicted molar refractivity (Wildman–Crippen MR) is 35.1 cm³/mol. The lowest BCUT2D eigenvalue weighted by atomic mass is 10.1. The summed E-state index contributed by atoms with van der Waals surface area (Å²) in [4.78, 5) is 0. The van der Waals surface area contributed by atoms with Crippen LogP contribution in [0.1, 0.15) is 19.3 Å². The quantitative estimate of drug-likeness (QED) is 0.582. The van der Waals surface area contributed by atoms with E-state index in [2.05, 4.69) is 6.92 Å². The number of halogens is 5. The highest BCUT2D eigenvalue weighted by atomic mass is 19.3. The van der Waals surface area contributed by atoms with Crippen LogP contribution >= 0.6 is 0 Å². The van der Waals surface area contributed by atoms with Gasteiger partial charge in [-0.25, -0.2) is 22.0 Å². The largest absolute Gasteiger partial charge is 0.310 e. The van der Waals surface area contributed by atoms with Crippen LogP contribution in [0.25, 0.3) is 0 Å². The number of alkyl halides is 5. The summed E-state index contributed by atoms with van der Waals surface area (Å²) in [6.45, 7) is 3.23. The van der Waals surface area contributed by atoms with Crippen LogP contribution in [0.4, 0.5) is 22.0 Å². The van der Waals surface area contributed by atoms with Crippen molar-refractivity contribution in [3.05, 3.63) is 6.92 Å². The van der Waals surface area contributed by atoms with Crippen LogP contribution in [0.2, 0.25) is 0 Å². The van der Waals surface area contributed by atoms with Crippen LogP contribution in [-0.2, 0) is 0 Å². The Morgan fingerprint density at radius 2 is 1.67 bits per heavy atom. The van der Waals surface area contributed by atoms with Gasteiger partial charge in [0.25, 0.3) is 0 Å². The van der Waals surface area contributed by atoms with Gasteiger partial charge in [0.2, 0.25) is 0 Å². The molecule has 0 amide bonds. The fraction of sp³-hybridized carbons (Fsp3) is 0.857. The first-order valence-electron chi connectivity index (χ1n) is 3.49. The average Bonchev–Trinajstić information content (AvgIpc) is 1.85. The van der Waals surface area contributed by atoms with E-state index >= 15 is 0 Å². The molecular formula is C7H10F5. The molecule has 0 heterocycles. The number of hydrogen-bond donors (Lipinski definition) is 0. The summed E-state index contributed by atoms with van der Waals surface area (Å²) in [7, 11) is 0. The van der Waals surface area contributed by atoms with Gasteiger partial charge in [-0.3, -0.25) is 0 Å². The van der Waals surface area contributed by atoms with E-state index in [1.807, 2.05) is 0 Å². The summed E-state index contributed by atoms with van der Waals surface area (Å²) in [5.74, 6) is -4.21. The molecule has 0 aliphatic carbocycles. The van der Waals surface area contributed by atoms with Gasteiger partial charge in [-0.05, 0) is 6.42 Å². The zero-order valence-corrected chi connectivity index (χ0v) is 6.37. The molecule has 0 saturated carbocycles. The third-order valence-electron chi connectivity index (χ3n) is 1.33. The lowest BCUT2D eigenvalue weighted by molar-refractivity contribution is -0.142. The van der Waals surface area contributed by atoms with E-state index < -0.39 is 24.9 Å². The maximum absolute atomic E-state index is 12.4. The van der Waals surface area contributed by atoms with Crippen LogP contribution in [0.3, 0.4) is 0 Å². The normalized spacial score (nSPS) is 15.2. The second kappa shape index (κ2) is 4.62. The summed E-state index contributed by atoms with van der Waals surface area (Å²) in [6, 6.07) is 0. The zero-order valence-electron chi connectivity index (χ0n) is 6.37. The molecule has 0 aliphatic rings. The molecule has 0 rings (SSSR count). The second-order valence-corrected chi connectivity index (χ2v) is 2.51. The first-order chi connectivity index (χ1) is 5.40. The van der Waals surface area contributed by atoms with Crippen molar-refractivity contribution in [3.63, 3.8) is 0 Å². The first-order valence-corrected chi connectivity index (χ1v) is 3.49. The van der Waals surface area contributed by atoms with Crippen molar-refractivity contribution >= 4 is 0 Å². The zero-order chi connectivity index (χ0) is 9.78. The van der Waals surface area contributed by atoms with Gasteiger partial charge in [0.15, 0.2) is 0 Å². The Labute approximate surface area is 67.8 Å². The first kappa shape index (κ1) is 11.6. The van der Waals surface area contributed by atoms with E-state index in [9.17, 15) is 22.0 Å². The molecule has 0 N–H and O–H groups in total. The Balaban J connectivity index is 3.88. The average molecular weight is 189 g/mol. The summed E-state index contributed by atoms with van der Waals surface area (Å²) in [6.07, 6.45) is -7.18. The Kier molecular flexibility index (Phi) is 4.49. The van der Waals surface area contributed by atoms with E-state index in [1.165, 1.54) is 0 Å². The third kappa shape index (κ3) is 3.88. The highest BCUT2D eigenvalue weighted by Gasteiger charge is 2.42. The van der Waals surface area contributed by atoms with Crippen LogP contribution in [-0.4, -0.2) is 18.5 Å². The lowest BCUT2D eigenvalue weighted by Crippen LogP contribution is -2.30. The molecule has 5 heteroatoms. The van der Waals surface area contributed by atoms with Gasteiger partial charge in [0, 0.05) is 6.42 Å². The molecule has 0 spiro atoms. The predicted octanol–water partition coefficient (Wildman–Crippen LogP) is 3.23. The molecule has 1 radical (unpaired) electrons. The lowest BCUT2D eigenvalue weighted by Gasteiger charge is -2.16. The van der Waals surface area contributed by atoms with Crippen molar-refractivity contribution in [3.8, 4) is 0 Å². The topological polar surface area (TPSA) is 0 Å². The molecule has 0 nitrogen and oxygen atoms in total. The highest BCUT2D eigenvalue weighted by molar-refractivity contribution is 4.74. The molecule has 0 aliphatic heterocycles. The molecule has 0 saturated heterocycles. The molecule has 12 heavy (non-hydrogen) atoms. The Bertz CT molecular complexity index is 123. The van der Waals surface area contributed by atoms with Crippen LogP contribution in [0, 0.1) is 6.92 Å². The maximum atomic E-state index is 12.4. The summed E-state index contributed by atoms with van der Waals surface area (Å²) < 4.78 is 59.6. The van der Waals surface area contributed by atoms with Crippen LogP contribution in [0.15, 0.2) is 0 Å². The monoisotopic (exact) mass is 189 g/mol. The maximum Gasteiger partial charge on any atom is 0.310 e. The minimum absolute atomic E-state index is 0.125. The Morgan fingerprint density at radius 1 is 1.17 bits per heavy atom. The van der Waals surface area contributed by atoms with E-state index in [4.69, 9.17) is 0 Å². The third-order valence-corrected chi connectivity index (χ3v) is 1.33. The number of hydrogen-bond acceptors (Lipinski definition) is 0. The van der Waals surface area contributed by atoms with Crippen molar-refractivity contribution < 1.29 is 22.0 Å². The summed E-state index contributed by atoms with van der Waals surface area (Å²) in [5.41, 5.74) is 0. The van der Waals surface area contributed by atoms with Gasteiger partial charge < -0.3 is 0 Å². The van der Waals surface area contributed by atoms with Gasteiger partial charge in [0.05, 0.1) is 0 Å². The summed E-state index contributed by atoms with van der Waals surface area (Å²) >= 11 is 0. The molecule has 0 aromatic carbocycles. The van der Waals surface area contributed by atoms with Crippen molar-refractivity contribution in [1.29, 1.82) is 0 Å². The van der Waals surface area contributed by atoms with E-state index in [0.717, 1.165) is 0 Å². The number of rotatable bonds is 5. The molecule has 0 unspecified atom stereocenters. The molecule has 0 bridgehead atoms. The molecule has 1 atom stereocenters. The minimum atomic E-state index is -4.21. The van der Waals surface area contributed by atoms with Gasteiger partial charge in [-0.2, -0.15) is 0 Å². The van der Waals surface area contributed by atoms with Crippen LogP contribution < -0.4 is 0 Å². The fourth-order valence-electron chi connectivity index (χ4n) is 0.708. The van der Waals surface area contributed by atoms with Crippen LogP contribution in [0.5, 0.6) is 0 Å². The van der Waals surface area contributed by atoms with Crippen molar-refractivity contribution in [2.75, 3.05) is 0 Å². The SMILES string of the molecule is [CH2]CC[C@H](F)CC(F)(F)C(F)F. The van der Waals surface area contributed by atoms with E-state index in [1.54, 1.807) is 0 Å². The Hall–Kier alpha value is -0.350. The van der Waals surface area contributed by atoms with Crippen molar-refractivity contribution in [1.82, 2.24) is 0 Å². The van der Waals surface area contributed by atoms with Gasteiger partial charge in [0.1, 0.15) is 6.17 Å². The second-order valence-electron chi connectivity index (χ2n) is 2.51. The molecule has 0 aromatic rings. The van der Waals surface area contributed by atoms with E-state index in [0.29, 0.717) is 0 Å². The van der Waals surface area contributed by atoms with Gasteiger partial charge >= 0.3 is 12.3 Å². The van der Waals surface area contributed by atoms with E-state index in [-0.39, 0.29) is 12.8 Å². The van der Waals surface area contributed by atoms with Gasteiger partial charge in [-0.1, -0.05) is 13.3 Å². The van der Waals surface area contributed by atoms with Crippen molar-refractivity contribution in [2.45, 2.75) is 37.8 Å². The summed E-state index contributed by atoms with van der Waals surface area (Å²) in [5, 5.41) is 0. The van der Waals surface area contributed by atoms with Crippen molar-refractivity contribution in [2.24, 2.45) is 0 Å².